The summed E-state index contributed by atoms with van der Waals surface area (Å²) in [7, 11) is 0. The van der Waals surface area contributed by atoms with Gasteiger partial charge in [-0.15, -0.1) is 0 Å². The van der Waals surface area contributed by atoms with E-state index in [9.17, 15) is 4.79 Å². The molecule has 1 atom stereocenters. The molecule has 0 spiro atoms. The highest BCUT2D eigenvalue weighted by atomic mass is 16.6. The smallest absolute Gasteiger partial charge is 0.410 e. The summed E-state index contributed by atoms with van der Waals surface area (Å²) in [6.45, 7) is 7.00. The van der Waals surface area contributed by atoms with Crippen molar-refractivity contribution < 1.29 is 9.53 Å². The van der Waals surface area contributed by atoms with E-state index in [1.165, 1.54) is 6.33 Å². The Kier molecular flexibility index (Phi) is 4.11. The van der Waals surface area contributed by atoms with Crippen LogP contribution in [0.3, 0.4) is 0 Å². The van der Waals surface area contributed by atoms with Crippen LogP contribution in [0.2, 0.25) is 0 Å². The van der Waals surface area contributed by atoms with Gasteiger partial charge in [0.2, 0.25) is 0 Å². The molecule has 3 rings (SSSR count). The van der Waals surface area contributed by atoms with Crippen LogP contribution in [0.25, 0.3) is 11.0 Å². The zero-order valence-electron chi connectivity index (χ0n) is 13.8. The highest BCUT2D eigenvalue weighted by molar-refractivity contribution is 5.86. The van der Waals surface area contributed by atoms with Gasteiger partial charge in [0.05, 0.1) is 5.39 Å². The molecule has 1 fully saturated rings. The predicted molar refractivity (Wildman–Crippen MR) is 88.3 cm³/mol. The Balaban J connectivity index is 1.67. The van der Waals surface area contributed by atoms with Gasteiger partial charge in [-0.1, -0.05) is 0 Å². The number of hydrogen-bond acceptors (Lipinski definition) is 5. The maximum atomic E-state index is 12.2. The van der Waals surface area contributed by atoms with Crippen LogP contribution in [0.1, 0.15) is 33.6 Å². The maximum absolute atomic E-state index is 12.2. The zero-order valence-corrected chi connectivity index (χ0v) is 13.8. The van der Waals surface area contributed by atoms with Gasteiger partial charge in [-0.25, -0.2) is 14.8 Å². The third-order valence-electron chi connectivity index (χ3n) is 3.77. The number of ether oxygens (including phenoxy) is 1. The van der Waals surface area contributed by atoms with Crippen LogP contribution < -0.4 is 5.32 Å². The quantitative estimate of drug-likeness (QED) is 0.890. The minimum absolute atomic E-state index is 0.157. The average Bonchev–Trinajstić information content (AvgIpc) is 2.95. The van der Waals surface area contributed by atoms with E-state index in [1.807, 2.05) is 33.0 Å². The Morgan fingerprint density at radius 2 is 2.26 bits per heavy atom. The molecule has 2 aromatic heterocycles. The first-order valence-corrected chi connectivity index (χ1v) is 7.95. The van der Waals surface area contributed by atoms with E-state index < -0.39 is 5.60 Å². The number of anilines is 1. The van der Waals surface area contributed by atoms with Gasteiger partial charge in [0.1, 0.15) is 23.4 Å². The van der Waals surface area contributed by atoms with E-state index in [0.717, 1.165) is 36.2 Å². The molecule has 0 bridgehead atoms. The number of aromatic amines is 1. The Morgan fingerprint density at radius 3 is 3.04 bits per heavy atom. The van der Waals surface area contributed by atoms with E-state index in [4.69, 9.17) is 4.74 Å². The molecular weight excluding hydrogens is 294 g/mol. The molecule has 7 nitrogen and oxygen atoms in total. The SMILES string of the molecule is CC(C)(C)OC(=O)N1CCC[C@@H](Nc2ncnc3[nH]ccc23)C1. The van der Waals surface area contributed by atoms with Crippen molar-refractivity contribution in [1.82, 2.24) is 19.9 Å². The van der Waals surface area contributed by atoms with Crippen LogP contribution in [-0.4, -0.2) is 50.7 Å². The molecule has 0 aromatic carbocycles. The molecule has 2 aromatic rings. The van der Waals surface area contributed by atoms with Gasteiger partial charge in [0.15, 0.2) is 0 Å². The van der Waals surface area contributed by atoms with Gasteiger partial charge < -0.3 is 19.9 Å². The molecule has 3 heterocycles. The van der Waals surface area contributed by atoms with Crippen LogP contribution in [0.5, 0.6) is 0 Å². The van der Waals surface area contributed by atoms with Crippen LogP contribution >= 0.6 is 0 Å². The van der Waals surface area contributed by atoms with Crippen molar-refractivity contribution in [3.8, 4) is 0 Å². The minimum atomic E-state index is -0.471. The molecule has 7 heteroatoms. The second-order valence-electron chi connectivity index (χ2n) is 6.87. The molecule has 1 amide bonds. The number of likely N-dealkylation sites (tertiary alicyclic amines) is 1. The normalized spacial score (nSPS) is 18.9. The van der Waals surface area contributed by atoms with E-state index in [0.29, 0.717) is 6.54 Å². The monoisotopic (exact) mass is 317 g/mol. The maximum Gasteiger partial charge on any atom is 0.410 e. The number of nitrogens with one attached hydrogen (secondary N) is 2. The third-order valence-corrected chi connectivity index (χ3v) is 3.77. The number of H-pyrrole nitrogens is 1. The largest absolute Gasteiger partial charge is 0.444 e. The van der Waals surface area contributed by atoms with E-state index >= 15 is 0 Å². The predicted octanol–water partition coefficient (Wildman–Crippen LogP) is 2.77. The summed E-state index contributed by atoms with van der Waals surface area (Å²) in [6.07, 6.45) is 5.07. The summed E-state index contributed by atoms with van der Waals surface area (Å²) < 4.78 is 5.46. The van der Waals surface area contributed by atoms with Gasteiger partial charge in [0.25, 0.3) is 0 Å². The molecule has 2 N–H and O–H groups in total. The summed E-state index contributed by atoms with van der Waals surface area (Å²) >= 11 is 0. The van der Waals surface area contributed by atoms with E-state index in [2.05, 4.69) is 20.3 Å². The molecule has 0 aliphatic carbocycles. The van der Waals surface area contributed by atoms with Crippen molar-refractivity contribution >= 4 is 22.9 Å². The molecule has 1 aliphatic rings. The standard InChI is InChI=1S/C16H23N5O2/c1-16(2,3)23-15(22)21-8-4-5-11(9-21)20-14-12-6-7-17-13(12)18-10-19-14/h6-7,10-11H,4-5,8-9H2,1-3H3,(H2,17,18,19,20)/t11-/m1/s1. The lowest BCUT2D eigenvalue weighted by Gasteiger charge is -2.34. The Bertz CT molecular complexity index is 691. The summed E-state index contributed by atoms with van der Waals surface area (Å²) in [5.74, 6) is 0.798. The van der Waals surface area contributed by atoms with E-state index in [-0.39, 0.29) is 12.1 Å². The first-order valence-electron chi connectivity index (χ1n) is 7.95. The van der Waals surface area contributed by atoms with Crippen LogP contribution in [0, 0.1) is 0 Å². The molecule has 1 saturated heterocycles. The fraction of sp³-hybridized carbons (Fsp3) is 0.562. The molecule has 23 heavy (non-hydrogen) atoms. The van der Waals surface area contributed by atoms with Gasteiger partial charge in [0, 0.05) is 25.3 Å². The van der Waals surface area contributed by atoms with Crippen molar-refractivity contribution in [3.05, 3.63) is 18.6 Å². The molecular formula is C16H23N5O2. The van der Waals surface area contributed by atoms with Gasteiger partial charge in [-0.05, 0) is 39.7 Å². The van der Waals surface area contributed by atoms with Crippen LogP contribution in [-0.2, 0) is 4.74 Å². The van der Waals surface area contributed by atoms with Crippen LogP contribution in [0.15, 0.2) is 18.6 Å². The number of carbonyl (C=O) groups excluding carboxylic acids is 1. The molecule has 0 unspecified atom stereocenters. The second-order valence-corrected chi connectivity index (χ2v) is 6.87. The highest BCUT2D eigenvalue weighted by Gasteiger charge is 2.28. The summed E-state index contributed by atoms with van der Waals surface area (Å²) in [5, 5.41) is 4.40. The van der Waals surface area contributed by atoms with Gasteiger partial charge >= 0.3 is 6.09 Å². The average molecular weight is 317 g/mol. The van der Waals surface area contributed by atoms with Crippen molar-refractivity contribution in [2.45, 2.75) is 45.3 Å². The summed E-state index contributed by atoms with van der Waals surface area (Å²) in [6, 6.07) is 2.11. The fourth-order valence-corrected chi connectivity index (χ4v) is 2.77. The number of nitrogens with zero attached hydrogens (tertiary/aromatic N) is 3. The van der Waals surface area contributed by atoms with E-state index in [1.54, 1.807) is 4.90 Å². The van der Waals surface area contributed by atoms with Crippen molar-refractivity contribution in [2.75, 3.05) is 18.4 Å². The van der Waals surface area contributed by atoms with Crippen LogP contribution in [0.4, 0.5) is 10.6 Å². The number of hydrogen-bond donors (Lipinski definition) is 2. The first kappa shape index (κ1) is 15.6. The number of piperidine rings is 1. The summed E-state index contributed by atoms with van der Waals surface area (Å²) in [4.78, 5) is 25.6. The lowest BCUT2D eigenvalue weighted by atomic mass is 10.1. The fourth-order valence-electron chi connectivity index (χ4n) is 2.77. The number of fused-ring (bicyclic) bond motifs is 1. The van der Waals surface area contributed by atoms with Gasteiger partial charge in [-0.3, -0.25) is 0 Å². The minimum Gasteiger partial charge on any atom is -0.444 e. The first-order chi connectivity index (χ1) is 10.9. The number of carbonyl (C=O) groups is 1. The zero-order chi connectivity index (χ0) is 16.4. The number of aromatic nitrogens is 3. The third kappa shape index (κ3) is 3.72. The molecule has 0 radical (unpaired) electrons. The molecule has 124 valence electrons. The van der Waals surface area contributed by atoms with Gasteiger partial charge in [-0.2, -0.15) is 0 Å². The molecule has 1 aliphatic heterocycles. The Morgan fingerprint density at radius 1 is 1.43 bits per heavy atom. The molecule has 0 saturated carbocycles. The lowest BCUT2D eigenvalue weighted by molar-refractivity contribution is 0.0206. The Labute approximate surface area is 135 Å². The summed E-state index contributed by atoms with van der Waals surface area (Å²) in [5.41, 5.74) is 0.337. The Hall–Kier alpha value is -2.31. The number of amides is 1. The second kappa shape index (κ2) is 6.06. The van der Waals surface area contributed by atoms with Crippen molar-refractivity contribution in [2.24, 2.45) is 0 Å². The van der Waals surface area contributed by atoms with Crippen molar-refractivity contribution in [1.29, 1.82) is 0 Å². The number of rotatable bonds is 2. The lowest BCUT2D eigenvalue weighted by Crippen LogP contribution is -2.47. The highest BCUT2D eigenvalue weighted by Crippen LogP contribution is 2.22. The topological polar surface area (TPSA) is 83.1 Å². The van der Waals surface area contributed by atoms with Crippen molar-refractivity contribution in [3.63, 3.8) is 0 Å².